The molecule has 2 atom stereocenters. The zero-order valence-electron chi connectivity index (χ0n) is 11.3. The molecule has 0 aromatic rings. The maximum Gasteiger partial charge on any atom is 0.367 e. The Morgan fingerprint density at radius 1 is 1.38 bits per heavy atom. The van der Waals surface area contributed by atoms with E-state index in [0.717, 1.165) is 12.8 Å². The van der Waals surface area contributed by atoms with Crippen molar-refractivity contribution in [3.8, 4) is 0 Å². The molecule has 4 heteroatoms. The van der Waals surface area contributed by atoms with E-state index in [1.54, 1.807) is 6.92 Å². The summed E-state index contributed by atoms with van der Waals surface area (Å²) in [7, 11) is -3.80. The average Bonchev–Trinajstić information content (AvgIpc) is 1.99. The van der Waals surface area contributed by atoms with Gasteiger partial charge in [-0.15, -0.1) is 0 Å². The van der Waals surface area contributed by atoms with Gasteiger partial charge < -0.3 is 4.52 Å². The maximum atomic E-state index is 13.2. The van der Waals surface area contributed by atoms with Gasteiger partial charge in [0.25, 0.3) is 0 Å². The zero-order chi connectivity index (χ0) is 12.8. The smallest absolute Gasteiger partial charge is 0.306 e. The number of rotatable bonds is 7. The van der Waals surface area contributed by atoms with Gasteiger partial charge in [-0.1, -0.05) is 34.6 Å². The predicted molar refractivity (Wildman–Crippen MR) is 67.7 cm³/mol. The van der Waals surface area contributed by atoms with Crippen molar-refractivity contribution in [2.45, 2.75) is 53.9 Å². The topological polar surface area (TPSA) is 26.3 Å². The highest BCUT2D eigenvalue weighted by atomic mass is 31.2. The van der Waals surface area contributed by atoms with Gasteiger partial charge in [-0.05, 0) is 30.6 Å². The molecule has 0 aliphatic heterocycles. The highest BCUT2D eigenvalue weighted by Gasteiger charge is 2.21. The van der Waals surface area contributed by atoms with Crippen LogP contribution in [0.1, 0.15) is 53.9 Å². The Balaban J connectivity index is 3.78. The number of hydrogen-bond acceptors (Lipinski definition) is 2. The van der Waals surface area contributed by atoms with Crippen molar-refractivity contribution in [3.63, 3.8) is 0 Å². The highest BCUT2D eigenvalue weighted by molar-refractivity contribution is 7.53. The Morgan fingerprint density at radius 3 is 2.38 bits per heavy atom. The van der Waals surface area contributed by atoms with Crippen molar-refractivity contribution in [2.75, 3.05) is 12.8 Å². The van der Waals surface area contributed by atoms with Crippen LogP contribution in [-0.4, -0.2) is 12.8 Å². The van der Waals surface area contributed by atoms with Gasteiger partial charge in [0, 0.05) is 0 Å². The van der Waals surface area contributed by atoms with Crippen LogP contribution in [0.25, 0.3) is 0 Å². The van der Waals surface area contributed by atoms with E-state index in [0.29, 0.717) is 12.3 Å². The lowest BCUT2D eigenvalue weighted by Crippen LogP contribution is -2.12. The molecule has 0 aliphatic carbocycles. The van der Waals surface area contributed by atoms with Crippen LogP contribution in [0.4, 0.5) is 4.20 Å². The molecule has 0 aliphatic rings. The number of halogens is 1. The Labute approximate surface area is 99.5 Å². The highest BCUT2D eigenvalue weighted by Crippen LogP contribution is 2.49. The van der Waals surface area contributed by atoms with Gasteiger partial charge >= 0.3 is 7.68 Å². The molecule has 2 nitrogen and oxygen atoms in total. The van der Waals surface area contributed by atoms with E-state index in [4.69, 9.17) is 4.52 Å². The average molecular weight is 252 g/mol. The fraction of sp³-hybridized carbons (Fsp3) is 1.00. The fourth-order valence-corrected chi connectivity index (χ4v) is 2.91. The van der Waals surface area contributed by atoms with Crippen LogP contribution in [0.15, 0.2) is 0 Å². The van der Waals surface area contributed by atoms with Crippen molar-refractivity contribution < 1.29 is 13.3 Å². The largest absolute Gasteiger partial charge is 0.367 e. The molecule has 0 bridgehead atoms. The molecule has 98 valence electrons. The summed E-state index contributed by atoms with van der Waals surface area (Å²) in [5, 5.41) is 0. The molecule has 0 rings (SSSR count). The summed E-state index contributed by atoms with van der Waals surface area (Å²) < 4.78 is 29.2. The van der Waals surface area contributed by atoms with Crippen LogP contribution in [0, 0.1) is 11.3 Å². The van der Waals surface area contributed by atoms with E-state index in [1.165, 1.54) is 0 Å². The normalized spacial score (nSPS) is 18.1. The first-order valence-electron chi connectivity index (χ1n) is 6.09. The van der Waals surface area contributed by atoms with Crippen molar-refractivity contribution in [1.82, 2.24) is 0 Å². The summed E-state index contributed by atoms with van der Waals surface area (Å²) in [6.45, 7) is 10.7. The van der Waals surface area contributed by atoms with Crippen LogP contribution in [0.5, 0.6) is 0 Å². The van der Waals surface area contributed by atoms with Gasteiger partial charge in [0.2, 0.25) is 0 Å². The molecular weight excluding hydrogens is 226 g/mol. The standard InChI is InChI=1S/C12H26FO2P/c1-6-9-16(13,14)15-8-7-11(2)10-12(3,4)5/h11H,6-10H2,1-5H3. The minimum absolute atomic E-state index is 0.0423. The number of hydrogen-bond donors (Lipinski definition) is 0. The summed E-state index contributed by atoms with van der Waals surface area (Å²) in [6.07, 6.45) is 2.45. The van der Waals surface area contributed by atoms with Crippen molar-refractivity contribution >= 4 is 7.68 Å². The lowest BCUT2D eigenvalue weighted by Gasteiger charge is -2.23. The lowest BCUT2D eigenvalue weighted by molar-refractivity contribution is 0.230. The fourth-order valence-electron chi connectivity index (χ4n) is 1.87. The van der Waals surface area contributed by atoms with Crippen molar-refractivity contribution in [3.05, 3.63) is 0 Å². The van der Waals surface area contributed by atoms with E-state index in [2.05, 4.69) is 27.7 Å². The minimum atomic E-state index is -3.80. The molecule has 0 fully saturated rings. The molecule has 0 spiro atoms. The zero-order valence-corrected chi connectivity index (χ0v) is 12.1. The summed E-state index contributed by atoms with van der Waals surface area (Å²) >= 11 is 0. The molecule has 0 aromatic heterocycles. The third-order valence-electron chi connectivity index (χ3n) is 2.35. The quantitative estimate of drug-likeness (QED) is 0.593. The van der Waals surface area contributed by atoms with E-state index < -0.39 is 7.68 Å². The third kappa shape index (κ3) is 9.35. The SMILES string of the molecule is CCCP(=O)(F)OCCC(C)CC(C)(C)C. The van der Waals surface area contributed by atoms with Crippen LogP contribution < -0.4 is 0 Å². The Bertz CT molecular complexity index is 236. The van der Waals surface area contributed by atoms with Crippen LogP contribution in [0.3, 0.4) is 0 Å². The predicted octanol–water partition coefficient (Wildman–Crippen LogP) is 5.04. The van der Waals surface area contributed by atoms with Crippen molar-refractivity contribution in [2.24, 2.45) is 11.3 Å². The second-order valence-electron chi connectivity index (χ2n) is 5.81. The second-order valence-corrected chi connectivity index (χ2v) is 7.69. The molecule has 0 saturated heterocycles. The second kappa shape index (κ2) is 6.76. The first-order chi connectivity index (χ1) is 7.16. The van der Waals surface area contributed by atoms with E-state index >= 15 is 0 Å². The van der Waals surface area contributed by atoms with E-state index in [-0.39, 0.29) is 18.2 Å². The molecular formula is C12H26FO2P. The molecule has 0 amide bonds. The van der Waals surface area contributed by atoms with Gasteiger partial charge in [0.05, 0.1) is 12.8 Å². The maximum absolute atomic E-state index is 13.2. The molecule has 2 unspecified atom stereocenters. The summed E-state index contributed by atoms with van der Waals surface area (Å²) in [4.78, 5) is 0. The van der Waals surface area contributed by atoms with Gasteiger partial charge in [-0.2, -0.15) is 4.20 Å². The van der Waals surface area contributed by atoms with Crippen LogP contribution in [0.2, 0.25) is 0 Å². The van der Waals surface area contributed by atoms with E-state index in [1.807, 2.05) is 0 Å². The summed E-state index contributed by atoms with van der Waals surface area (Å²) in [5.74, 6) is 0.474. The van der Waals surface area contributed by atoms with Crippen LogP contribution in [-0.2, 0) is 9.09 Å². The van der Waals surface area contributed by atoms with E-state index in [9.17, 15) is 8.76 Å². The minimum Gasteiger partial charge on any atom is -0.306 e. The molecule has 16 heavy (non-hydrogen) atoms. The lowest BCUT2D eigenvalue weighted by atomic mass is 9.84. The van der Waals surface area contributed by atoms with Gasteiger partial charge in [0.15, 0.2) is 0 Å². The van der Waals surface area contributed by atoms with Gasteiger partial charge in [0.1, 0.15) is 0 Å². The molecule has 0 heterocycles. The first kappa shape index (κ1) is 16.1. The van der Waals surface area contributed by atoms with Crippen molar-refractivity contribution in [1.29, 1.82) is 0 Å². The van der Waals surface area contributed by atoms with Gasteiger partial charge in [-0.25, -0.2) is 0 Å². The molecule has 0 N–H and O–H groups in total. The van der Waals surface area contributed by atoms with Crippen LogP contribution >= 0.6 is 7.68 Å². The molecule has 0 radical (unpaired) electrons. The molecule has 0 aromatic carbocycles. The third-order valence-corrected chi connectivity index (χ3v) is 3.90. The summed E-state index contributed by atoms with van der Waals surface area (Å²) in [5.41, 5.74) is 0.280. The Hall–Kier alpha value is 0.120. The van der Waals surface area contributed by atoms with Gasteiger partial charge in [-0.3, -0.25) is 4.57 Å². The Kier molecular flexibility index (Phi) is 6.81. The first-order valence-corrected chi connectivity index (χ1v) is 7.79. The molecule has 0 saturated carbocycles. The monoisotopic (exact) mass is 252 g/mol. The Morgan fingerprint density at radius 2 is 1.94 bits per heavy atom. The summed E-state index contributed by atoms with van der Waals surface area (Å²) in [6, 6.07) is 0.